The number of ether oxygens (including phenoxy) is 2. The summed E-state index contributed by atoms with van der Waals surface area (Å²) in [7, 11) is 0. The number of benzene rings is 1. The van der Waals surface area contributed by atoms with Crippen LogP contribution in [0.15, 0.2) is 24.3 Å². The van der Waals surface area contributed by atoms with Gasteiger partial charge in [-0.05, 0) is 12.1 Å². The van der Waals surface area contributed by atoms with Crippen LogP contribution in [-0.4, -0.2) is 50.8 Å². The van der Waals surface area contributed by atoms with Crippen molar-refractivity contribution in [1.29, 1.82) is 0 Å². The molecule has 1 atom stereocenters. The fourth-order valence-electron chi connectivity index (χ4n) is 2.27. The standard InChI is InChI=1S/C16H23N3O4/c1-12(20)19-13-3-2-4-15(9-13)23-8-6-18-16(21)10-14-11-22-7-5-17-14/h2-4,9,14,17H,5-8,10-11H2,1H3,(H,18,21)(H,19,20). The summed E-state index contributed by atoms with van der Waals surface area (Å²) in [6.45, 7) is 4.30. The Hall–Kier alpha value is -2.12. The van der Waals surface area contributed by atoms with Crippen molar-refractivity contribution in [1.82, 2.24) is 10.6 Å². The lowest BCUT2D eigenvalue weighted by molar-refractivity contribution is -0.122. The van der Waals surface area contributed by atoms with Crippen LogP contribution >= 0.6 is 0 Å². The van der Waals surface area contributed by atoms with E-state index in [1.54, 1.807) is 24.3 Å². The Morgan fingerprint density at radius 2 is 2.30 bits per heavy atom. The first kappa shape index (κ1) is 17.2. The van der Waals surface area contributed by atoms with Crippen molar-refractivity contribution in [3.63, 3.8) is 0 Å². The highest BCUT2D eigenvalue weighted by atomic mass is 16.5. The summed E-state index contributed by atoms with van der Waals surface area (Å²) < 4.78 is 10.9. The molecule has 2 rings (SSSR count). The number of hydrogen-bond acceptors (Lipinski definition) is 5. The molecule has 7 heteroatoms. The molecule has 1 heterocycles. The van der Waals surface area contributed by atoms with Crippen LogP contribution in [-0.2, 0) is 14.3 Å². The average molecular weight is 321 g/mol. The van der Waals surface area contributed by atoms with Crippen molar-refractivity contribution < 1.29 is 19.1 Å². The summed E-state index contributed by atoms with van der Waals surface area (Å²) in [4.78, 5) is 22.8. The highest BCUT2D eigenvalue weighted by Gasteiger charge is 2.16. The molecule has 0 spiro atoms. The minimum Gasteiger partial charge on any atom is -0.492 e. The minimum absolute atomic E-state index is 0.0244. The minimum atomic E-state index is -0.130. The quantitative estimate of drug-likeness (QED) is 0.637. The molecule has 1 saturated heterocycles. The number of hydrogen-bond donors (Lipinski definition) is 3. The van der Waals surface area contributed by atoms with Crippen molar-refractivity contribution >= 4 is 17.5 Å². The van der Waals surface area contributed by atoms with Crippen molar-refractivity contribution in [3.8, 4) is 5.75 Å². The molecule has 1 aromatic carbocycles. The molecular weight excluding hydrogens is 298 g/mol. The molecule has 1 aliphatic heterocycles. The Bertz CT molecular complexity index is 530. The summed E-state index contributed by atoms with van der Waals surface area (Å²) in [5.41, 5.74) is 0.683. The number of nitrogens with one attached hydrogen (secondary N) is 3. The van der Waals surface area contributed by atoms with E-state index in [4.69, 9.17) is 9.47 Å². The number of carbonyl (C=O) groups is 2. The average Bonchev–Trinajstić information content (AvgIpc) is 2.52. The van der Waals surface area contributed by atoms with Crippen LogP contribution in [0, 0.1) is 0 Å². The van der Waals surface area contributed by atoms with Crippen molar-refractivity contribution in [2.45, 2.75) is 19.4 Å². The summed E-state index contributed by atoms with van der Waals surface area (Å²) in [5.74, 6) is 0.492. The summed E-state index contributed by atoms with van der Waals surface area (Å²) in [5, 5.41) is 8.75. The van der Waals surface area contributed by atoms with Gasteiger partial charge in [-0.15, -0.1) is 0 Å². The van der Waals surface area contributed by atoms with Gasteiger partial charge in [0.05, 0.1) is 19.8 Å². The van der Waals surface area contributed by atoms with E-state index in [1.165, 1.54) is 6.92 Å². The normalized spacial score (nSPS) is 17.3. The number of morpholine rings is 1. The van der Waals surface area contributed by atoms with E-state index in [0.29, 0.717) is 44.2 Å². The number of carbonyl (C=O) groups excluding carboxylic acids is 2. The van der Waals surface area contributed by atoms with Crippen LogP contribution < -0.4 is 20.7 Å². The second-order valence-electron chi connectivity index (χ2n) is 5.34. The van der Waals surface area contributed by atoms with Gasteiger partial charge in [0.15, 0.2) is 0 Å². The second-order valence-corrected chi connectivity index (χ2v) is 5.34. The Morgan fingerprint density at radius 1 is 1.43 bits per heavy atom. The first-order chi connectivity index (χ1) is 11.1. The molecule has 1 fully saturated rings. The third kappa shape index (κ3) is 6.66. The first-order valence-electron chi connectivity index (χ1n) is 7.72. The lowest BCUT2D eigenvalue weighted by atomic mass is 10.2. The maximum absolute atomic E-state index is 11.8. The van der Waals surface area contributed by atoms with E-state index >= 15 is 0 Å². The molecule has 3 N–H and O–H groups in total. The van der Waals surface area contributed by atoms with Gasteiger partial charge < -0.3 is 25.4 Å². The van der Waals surface area contributed by atoms with Gasteiger partial charge in [-0.1, -0.05) is 6.07 Å². The molecule has 0 saturated carbocycles. The Morgan fingerprint density at radius 3 is 3.04 bits per heavy atom. The zero-order chi connectivity index (χ0) is 16.5. The smallest absolute Gasteiger partial charge is 0.221 e. The predicted octanol–water partition coefficient (Wildman–Crippen LogP) is 0.519. The van der Waals surface area contributed by atoms with Gasteiger partial charge in [-0.25, -0.2) is 0 Å². The molecule has 1 unspecified atom stereocenters. The Balaban J connectivity index is 1.64. The van der Waals surface area contributed by atoms with Crippen molar-refractivity contribution in [3.05, 3.63) is 24.3 Å². The summed E-state index contributed by atoms with van der Waals surface area (Å²) in [6.07, 6.45) is 0.401. The van der Waals surface area contributed by atoms with E-state index in [1.807, 2.05) is 0 Å². The highest BCUT2D eigenvalue weighted by Crippen LogP contribution is 2.16. The number of rotatable bonds is 7. The zero-order valence-electron chi connectivity index (χ0n) is 13.3. The van der Waals surface area contributed by atoms with Crippen LogP contribution in [0.25, 0.3) is 0 Å². The highest BCUT2D eigenvalue weighted by molar-refractivity contribution is 5.88. The monoisotopic (exact) mass is 321 g/mol. The first-order valence-corrected chi connectivity index (χ1v) is 7.72. The molecule has 0 bridgehead atoms. The van der Waals surface area contributed by atoms with Crippen LogP contribution in [0.4, 0.5) is 5.69 Å². The van der Waals surface area contributed by atoms with Crippen LogP contribution in [0.2, 0.25) is 0 Å². The Kier molecular flexibility index (Phi) is 6.83. The van der Waals surface area contributed by atoms with Crippen molar-refractivity contribution in [2.24, 2.45) is 0 Å². The van der Waals surface area contributed by atoms with E-state index in [9.17, 15) is 9.59 Å². The van der Waals surface area contributed by atoms with E-state index in [-0.39, 0.29) is 17.9 Å². The van der Waals surface area contributed by atoms with Crippen molar-refractivity contribution in [2.75, 3.05) is 38.2 Å². The molecule has 0 aliphatic carbocycles. The van der Waals surface area contributed by atoms with E-state index in [0.717, 1.165) is 6.54 Å². The van der Waals surface area contributed by atoms with Gasteiger partial charge in [0.2, 0.25) is 11.8 Å². The van der Waals surface area contributed by atoms with Gasteiger partial charge in [-0.2, -0.15) is 0 Å². The molecule has 2 amide bonds. The molecule has 1 aromatic rings. The SMILES string of the molecule is CC(=O)Nc1cccc(OCCNC(=O)CC2COCCN2)c1. The third-order valence-corrected chi connectivity index (χ3v) is 3.28. The maximum Gasteiger partial charge on any atom is 0.221 e. The van der Waals surface area contributed by atoms with Crippen LogP contribution in [0.1, 0.15) is 13.3 Å². The molecule has 0 aromatic heterocycles. The molecule has 1 aliphatic rings. The molecule has 126 valence electrons. The topological polar surface area (TPSA) is 88.7 Å². The second kappa shape index (κ2) is 9.12. The molecule has 23 heavy (non-hydrogen) atoms. The molecular formula is C16H23N3O4. The van der Waals surface area contributed by atoms with Crippen LogP contribution in [0.5, 0.6) is 5.75 Å². The number of amides is 2. The fourth-order valence-corrected chi connectivity index (χ4v) is 2.27. The zero-order valence-corrected chi connectivity index (χ0v) is 13.3. The molecule has 0 radical (unpaired) electrons. The summed E-state index contributed by atoms with van der Waals surface area (Å²) >= 11 is 0. The van der Waals surface area contributed by atoms with Gasteiger partial charge in [0.25, 0.3) is 0 Å². The lowest BCUT2D eigenvalue weighted by Crippen LogP contribution is -2.44. The predicted molar refractivity (Wildman–Crippen MR) is 86.5 cm³/mol. The maximum atomic E-state index is 11.8. The van der Waals surface area contributed by atoms with E-state index in [2.05, 4.69) is 16.0 Å². The van der Waals surface area contributed by atoms with Gasteiger partial charge in [-0.3, -0.25) is 9.59 Å². The van der Waals surface area contributed by atoms with E-state index < -0.39 is 0 Å². The lowest BCUT2D eigenvalue weighted by Gasteiger charge is -2.23. The molecule has 7 nitrogen and oxygen atoms in total. The largest absolute Gasteiger partial charge is 0.492 e. The fraction of sp³-hybridized carbons (Fsp3) is 0.500. The van der Waals surface area contributed by atoms with Gasteiger partial charge >= 0.3 is 0 Å². The van der Waals surface area contributed by atoms with Gasteiger partial charge in [0, 0.05) is 37.7 Å². The van der Waals surface area contributed by atoms with Gasteiger partial charge in [0.1, 0.15) is 12.4 Å². The number of anilines is 1. The van der Waals surface area contributed by atoms with Crippen LogP contribution in [0.3, 0.4) is 0 Å². The Labute approximate surface area is 135 Å². The summed E-state index contributed by atoms with van der Waals surface area (Å²) in [6, 6.07) is 7.21. The third-order valence-electron chi connectivity index (χ3n) is 3.28.